The maximum absolute atomic E-state index is 12.8. The molecule has 0 aliphatic carbocycles. The molecule has 0 saturated carbocycles. The Labute approximate surface area is 117 Å². The lowest BCUT2D eigenvalue weighted by molar-refractivity contribution is -0.147. The summed E-state index contributed by atoms with van der Waals surface area (Å²) in [5, 5.41) is 9.22. The number of carboxylic acid groups (broad SMARTS) is 1. The number of hydrogen-bond donors (Lipinski definition) is 1. The van der Waals surface area contributed by atoms with Crippen molar-refractivity contribution in [1.82, 2.24) is 4.90 Å². The Kier molecular flexibility index (Phi) is 3.56. The SMILES string of the molecule is O=C1CCC(I)(C(=O)O)N1Cc1ccc(F)cc1. The molecule has 1 fully saturated rings. The predicted molar refractivity (Wildman–Crippen MR) is 70.6 cm³/mol. The highest BCUT2D eigenvalue weighted by atomic mass is 127. The number of carbonyl (C=O) groups is 2. The van der Waals surface area contributed by atoms with Crippen LogP contribution in [0, 0.1) is 5.82 Å². The van der Waals surface area contributed by atoms with Crippen LogP contribution in [0.2, 0.25) is 0 Å². The van der Waals surface area contributed by atoms with Crippen LogP contribution in [0.1, 0.15) is 18.4 Å². The van der Waals surface area contributed by atoms with E-state index in [1.165, 1.54) is 17.0 Å². The zero-order valence-electron chi connectivity index (χ0n) is 9.40. The number of carbonyl (C=O) groups excluding carboxylic acids is 1. The molecule has 0 bridgehead atoms. The Bertz CT molecular complexity index is 491. The van der Waals surface area contributed by atoms with Crippen LogP contribution < -0.4 is 0 Å². The molecule has 1 amide bonds. The lowest BCUT2D eigenvalue weighted by Gasteiger charge is -2.29. The minimum absolute atomic E-state index is 0.184. The molecule has 4 nitrogen and oxygen atoms in total. The van der Waals surface area contributed by atoms with Crippen LogP contribution in [0.4, 0.5) is 4.39 Å². The number of likely N-dealkylation sites (tertiary alicyclic amines) is 1. The maximum Gasteiger partial charge on any atom is 0.340 e. The van der Waals surface area contributed by atoms with Crippen molar-refractivity contribution >= 4 is 34.5 Å². The highest BCUT2D eigenvalue weighted by Crippen LogP contribution is 2.37. The summed E-state index contributed by atoms with van der Waals surface area (Å²) in [5.74, 6) is -1.56. The molecule has 1 aromatic carbocycles. The van der Waals surface area contributed by atoms with E-state index in [1.54, 1.807) is 34.7 Å². The molecular weight excluding hydrogens is 352 g/mol. The van der Waals surface area contributed by atoms with E-state index in [2.05, 4.69) is 0 Å². The van der Waals surface area contributed by atoms with Crippen LogP contribution in [0.3, 0.4) is 0 Å². The second kappa shape index (κ2) is 4.83. The van der Waals surface area contributed by atoms with Gasteiger partial charge in [0.05, 0.1) is 0 Å². The summed E-state index contributed by atoms with van der Waals surface area (Å²) in [7, 11) is 0. The van der Waals surface area contributed by atoms with Crippen molar-refractivity contribution < 1.29 is 19.1 Å². The highest BCUT2D eigenvalue weighted by Gasteiger charge is 2.49. The lowest BCUT2D eigenvalue weighted by Crippen LogP contribution is -2.46. The Balaban J connectivity index is 2.23. The molecular formula is C12H11FINO3. The van der Waals surface area contributed by atoms with Crippen molar-refractivity contribution in [1.29, 1.82) is 0 Å². The molecule has 96 valence electrons. The van der Waals surface area contributed by atoms with Gasteiger partial charge >= 0.3 is 5.97 Å². The first kappa shape index (κ1) is 13.3. The van der Waals surface area contributed by atoms with Gasteiger partial charge in [-0.1, -0.05) is 12.1 Å². The van der Waals surface area contributed by atoms with E-state index in [4.69, 9.17) is 0 Å². The molecule has 1 aliphatic heterocycles. The number of halogens is 2. The molecule has 1 unspecified atom stereocenters. The molecule has 0 radical (unpaired) electrons. The Morgan fingerprint density at radius 2 is 2.06 bits per heavy atom. The van der Waals surface area contributed by atoms with Crippen molar-refractivity contribution in [2.45, 2.75) is 22.9 Å². The van der Waals surface area contributed by atoms with Gasteiger partial charge in [0.15, 0.2) is 3.55 Å². The van der Waals surface area contributed by atoms with E-state index in [-0.39, 0.29) is 24.7 Å². The second-order valence-corrected chi connectivity index (χ2v) is 5.96. The van der Waals surface area contributed by atoms with Gasteiger partial charge in [-0.2, -0.15) is 0 Å². The minimum Gasteiger partial charge on any atom is -0.479 e. The molecule has 2 rings (SSSR count). The molecule has 0 spiro atoms. The Hall–Kier alpha value is -1.18. The second-order valence-electron chi connectivity index (χ2n) is 4.17. The number of alkyl halides is 1. The van der Waals surface area contributed by atoms with Gasteiger partial charge in [-0.05, 0) is 46.7 Å². The van der Waals surface area contributed by atoms with Crippen LogP contribution in [0.25, 0.3) is 0 Å². The van der Waals surface area contributed by atoms with Crippen molar-refractivity contribution in [3.8, 4) is 0 Å². The average molecular weight is 363 g/mol. The first-order valence-electron chi connectivity index (χ1n) is 5.41. The monoisotopic (exact) mass is 363 g/mol. The third kappa shape index (κ3) is 2.33. The van der Waals surface area contributed by atoms with Crippen molar-refractivity contribution in [2.75, 3.05) is 0 Å². The number of aliphatic carboxylic acids is 1. The molecule has 1 N–H and O–H groups in total. The highest BCUT2D eigenvalue weighted by molar-refractivity contribution is 14.1. The zero-order valence-corrected chi connectivity index (χ0v) is 11.6. The summed E-state index contributed by atoms with van der Waals surface area (Å²) in [5.41, 5.74) is 0.717. The molecule has 6 heteroatoms. The topological polar surface area (TPSA) is 57.6 Å². The number of carboxylic acids is 1. The van der Waals surface area contributed by atoms with E-state index in [1.807, 2.05) is 0 Å². The van der Waals surface area contributed by atoms with Crippen molar-refractivity contribution in [3.63, 3.8) is 0 Å². The quantitative estimate of drug-likeness (QED) is 0.509. The predicted octanol–water partition coefficient (Wildman–Crippen LogP) is 2.16. The number of amides is 1. The van der Waals surface area contributed by atoms with E-state index >= 15 is 0 Å². The fraction of sp³-hybridized carbons (Fsp3) is 0.333. The maximum atomic E-state index is 12.8. The van der Waals surface area contributed by atoms with Crippen LogP contribution >= 0.6 is 22.6 Å². The Morgan fingerprint density at radius 1 is 1.44 bits per heavy atom. The van der Waals surface area contributed by atoms with Gasteiger partial charge in [-0.15, -0.1) is 0 Å². The van der Waals surface area contributed by atoms with Crippen LogP contribution in [-0.4, -0.2) is 25.4 Å². The third-order valence-corrected chi connectivity index (χ3v) is 4.56. The van der Waals surface area contributed by atoms with Gasteiger partial charge in [0.1, 0.15) is 5.82 Å². The molecule has 18 heavy (non-hydrogen) atoms. The van der Waals surface area contributed by atoms with Gasteiger partial charge in [0.25, 0.3) is 0 Å². The normalized spacial score (nSPS) is 23.4. The number of hydrogen-bond acceptors (Lipinski definition) is 2. The van der Waals surface area contributed by atoms with Crippen molar-refractivity contribution in [2.24, 2.45) is 0 Å². The van der Waals surface area contributed by atoms with E-state index in [9.17, 15) is 19.1 Å². The summed E-state index contributed by atoms with van der Waals surface area (Å²) < 4.78 is 11.6. The number of rotatable bonds is 3. The van der Waals surface area contributed by atoms with E-state index < -0.39 is 9.51 Å². The molecule has 0 aromatic heterocycles. The zero-order chi connectivity index (χ0) is 13.3. The third-order valence-electron chi connectivity index (χ3n) is 2.98. The first-order valence-corrected chi connectivity index (χ1v) is 6.48. The summed E-state index contributed by atoms with van der Waals surface area (Å²) in [6.07, 6.45) is 0.527. The summed E-state index contributed by atoms with van der Waals surface area (Å²) in [6, 6.07) is 5.71. The van der Waals surface area contributed by atoms with Gasteiger partial charge in [0, 0.05) is 13.0 Å². The standard InChI is InChI=1S/C12H11FINO3/c13-9-3-1-8(2-4-9)7-15-10(16)5-6-12(15,14)11(17)18/h1-4H,5-7H2,(H,17,18). The van der Waals surface area contributed by atoms with Crippen molar-refractivity contribution in [3.05, 3.63) is 35.6 Å². The molecule has 1 aromatic rings. The van der Waals surface area contributed by atoms with E-state index in [0.717, 1.165) is 0 Å². The van der Waals surface area contributed by atoms with Crippen LogP contribution in [-0.2, 0) is 16.1 Å². The van der Waals surface area contributed by atoms with Crippen LogP contribution in [0.5, 0.6) is 0 Å². The van der Waals surface area contributed by atoms with Gasteiger partial charge < -0.3 is 10.0 Å². The van der Waals surface area contributed by atoms with Gasteiger partial charge in [-0.3, -0.25) is 4.79 Å². The summed E-state index contributed by atoms with van der Waals surface area (Å²) in [4.78, 5) is 24.3. The van der Waals surface area contributed by atoms with Gasteiger partial charge in [0.2, 0.25) is 5.91 Å². The number of nitrogens with zero attached hydrogens (tertiary/aromatic N) is 1. The Morgan fingerprint density at radius 3 is 2.61 bits per heavy atom. The molecule has 1 atom stereocenters. The fourth-order valence-corrected chi connectivity index (χ4v) is 2.66. The molecule has 1 aliphatic rings. The lowest BCUT2D eigenvalue weighted by atomic mass is 10.2. The molecule has 1 saturated heterocycles. The fourth-order valence-electron chi connectivity index (χ4n) is 1.95. The summed E-state index contributed by atoms with van der Waals surface area (Å²) >= 11 is 1.80. The van der Waals surface area contributed by atoms with Crippen LogP contribution in [0.15, 0.2) is 24.3 Å². The smallest absolute Gasteiger partial charge is 0.340 e. The summed E-state index contributed by atoms with van der Waals surface area (Å²) in [6.45, 7) is 0.189. The molecule has 1 heterocycles. The largest absolute Gasteiger partial charge is 0.479 e. The number of benzene rings is 1. The van der Waals surface area contributed by atoms with Gasteiger partial charge in [-0.25, -0.2) is 9.18 Å². The first-order chi connectivity index (χ1) is 8.43. The average Bonchev–Trinajstić information content (AvgIpc) is 2.61. The minimum atomic E-state index is -1.19. The van der Waals surface area contributed by atoms with E-state index in [0.29, 0.717) is 12.0 Å².